The van der Waals surface area contributed by atoms with E-state index in [1.54, 1.807) is 13.1 Å². The van der Waals surface area contributed by atoms with Gasteiger partial charge in [-0.15, -0.1) is 0 Å². The van der Waals surface area contributed by atoms with E-state index in [2.05, 4.69) is 19.9 Å². The normalized spacial score (nSPS) is 17.1. The van der Waals surface area contributed by atoms with Crippen LogP contribution in [0.5, 0.6) is 0 Å². The van der Waals surface area contributed by atoms with Gasteiger partial charge in [-0.2, -0.15) is 0 Å². The van der Waals surface area contributed by atoms with Gasteiger partial charge >= 0.3 is 0 Å². The van der Waals surface area contributed by atoms with Crippen molar-refractivity contribution < 1.29 is 0 Å². The molecule has 24 heavy (non-hydrogen) atoms. The summed E-state index contributed by atoms with van der Waals surface area (Å²) in [4.78, 5) is 27.3. The van der Waals surface area contributed by atoms with Gasteiger partial charge in [0.1, 0.15) is 16.9 Å². The molecule has 3 aromatic rings. The highest BCUT2D eigenvalue weighted by atomic mass is 16.1. The van der Waals surface area contributed by atoms with Gasteiger partial charge in [0.05, 0.1) is 11.7 Å². The molecule has 1 saturated heterocycles. The molecule has 7 nitrogen and oxygen atoms in total. The van der Waals surface area contributed by atoms with Gasteiger partial charge in [-0.05, 0) is 25.8 Å². The van der Waals surface area contributed by atoms with Crippen LogP contribution in [0.15, 0.2) is 23.3 Å². The predicted molar refractivity (Wildman–Crippen MR) is 94.2 cm³/mol. The van der Waals surface area contributed by atoms with Gasteiger partial charge in [0.2, 0.25) is 0 Å². The number of pyridine rings is 1. The minimum Gasteiger partial charge on any atom is -0.346 e. The molecule has 0 aliphatic carbocycles. The van der Waals surface area contributed by atoms with Gasteiger partial charge in [0, 0.05) is 43.8 Å². The van der Waals surface area contributed by atoms with Crippen LogP contribution in [0.4, 0.5) is 0 Å². The van der Waals surface area contributed by atoms with Gasteiger partial charge in [0.25, 0.3) is 5.56 Å². The topological polar surface area (TPSA) is 92.8 Å². The lowest BCUT2D eigenvalue weighted by Gasteiger charge is -2.33. The summed E-state index contributed by atoms with van der Waals surface area (Å²) in [5.41, 5.74) is 8.67. The quantitative estimate of drug-likeness (QED) is 0.754. The monoisotopic (exact) mass is 326 g/mol. The summed E-state index contributed by atoms with van der Waals surface area (Å²) < 4.78 is 1.95. The molecule has 126 valence electrons. The van der Waals surface area contributed by atoms with E-state index in [4.69, 9.17) is 5.73 Å². The van der Waals surface area contributed by atoms with Gasteiger partial charge < -0.3 is 20.2 Å². The van der Waals surface area contributed by atoms with Crippen LogP contribution in [0.25, 0.3) is 22.1 Å². The van der Waals surface area contributed by atoms with E-state index in [0.717, 1.165) is 54.5 Å². The summed E-state index contributed by atoms with van der Waals surface area (Å²) in [6, 6.07) is 2.16. The molecule has 1 fully saturated rings. The smallest absolute Gasteiger partial charge is 0.272 e. The number of aromatic nitrogens is 4. The Balaban J connectivity index is 1.86. The molecule has 3 N–H and O–H groups in total. The minimum absolute atomic E-state index is 0.00785. The standard InChI is InChI=1S/C17H22N6O/c1-11-17(24)23(12-3-7-22(8-4-12)9-5-18)15-13-2-6-19-16(13)20-10-14(15)21-11/h2,6,10,12H,3-5,7-9,18H2,1H3,(H,19,20). The number of aromatic amines is 1. The fraction of sp³-hybridized carbons (Fsp3) is 0.471. The Kier molecular flexibility index (Phi) is 3.82. The van der Waals surface area contributed by atoms with Crippen molar-refractivity contribution in [2.24, 2.45) is 5.73 Å². The second-order valence-corrected chi connectivity index (χ2v) is 6.47. The molecule has 1 aliphatic heterocycles. The molecule has 0 bridgehead atoms. The highest BCUT2D eigenvalue weighted by Gasteiger charge is 2.24. The van der Waals surface area contributed by atoms with E-state index in [9.17, 15) is 4.79 Å². The number of nitrogens with one attached hydrogen (secondary N) is 1. The first kappa shape index (κ1) is 15.3. The number of H-pyrrole nitrogens is 1. The summed E-state index contributed by atoms with van der Waals surface area (Å²) in [5.74, 6) is 0. The minimum atomic E-state index is 0.00785. The zero-order valence-corrected chi connectivity index (χ0v) is 13.8. The number of hydrogen-bond donors (Lipinski definition) is 2. The van der Waals surface area contributed by atoms with Crippen LogP contribution in [0.3, 0.4) is 0 Å². The zero-order valence-electron chi connectivity index (χ0n) is 13.8. The SMILES string of the molecule is Cc1nc2cnc3[nH]ccc3c2n(C2CCN(CCN)CC2)c1=O. The number of rotatable bonds is 3. The Hall–Kier alpha value is -2.25. The Morgan fingerprint density at radius 1 is 1.38 bits per heavy atom. The third-order valence-electron chi connectivity index (χ3n) is 4.96. The summed E-state index contributed by atoms with van der Waals surface area (Å²) in [5, 5.41) is 0.960. The lowest BCUT2D eigenvalue weighted by atomic mass is 10.0. The first-order chi connectivity index (χ1) is 11.7. The number of piperidine rings is 1. The Morgan fingerprint density at radius 3 is 2.92 bits per heavy atom. The third kappa shape index (κ3) is 2.40. The van der Waals surface area contributed by atoms with Crippen LogP contribution in [0.2, 0.25) is 0 Å². The maximum absolute atomic E-state index is 12.9. The van der Waals surface area contributed by atoms with Crippen LogP contribution in [-0.2, 0) is 0 Å². The molecule has 0 atom stereocenters. The van der Waals surface area contributed by atoms with E-state index in [1.165, 1.54) is 0 Å². The fourth-order valence-corrected chi connectivity index (χ4v) is 3.75. The van der Waals surface area contributed by atoms with Crippen molar-refractivity contribution >= 4 is 22.1 Å². The molecule has 0 aromatic carbocycles. The molecule has 0 amide bonds. The van der Waals surface area contributed by atoms with Gasteiger partial charge in [0.15, 0.2) is 0 Å². The number of hydrogen-bond acceptors (Lipinski definition) is 5. The van der Waals surface area contributed by atoms with Crippen molar-refractivity contribution in [3.63, 3.8) is 0 Å². The highest BCUT2D eigenvalue weighted by molar-refractivity contribution is 6.00. The van der Waals surface area contributed by atoms with Crippen molar-refractivity contribution in [3.05, 3.63) is 34.5 Å². The van der Waals surface area contributed by atoms with Gasteiger partial charge in [-0.1, -0.05) is 0 Å². The number of likely N-dealkylation sites (tertiary alicyclic amines) is 1. The summed E-state index contributed by atoms with van der Waals surface area (Å²) in [6.45, 7) is 5.32. The van der Waals surface area contributed by atoms with Crippen molar-refractivity contribution in [1.29, 1.82) is 0 Å². The van der Waals surface area contributed by atoms with E-state index in [-0.39, 0.29) is 11.6 Å². The first-order valence-corrected chi connectivity index (χ1v) is 8.46. The third-order valence-corrected chi connectivity index (χ3v) is 4.96. The summed E-state index contributed by atoms with van der Waals surface area (Å²) in [7, 11) is 0. The first-order valence-electron chi connectivity index (χ1n) is 8.46. The molecular formula is C17H22N6O. The van der Waals surface area contributed by atoms with Crippen molar-refractivity contribution in [1.82, 2.24) is 24.4 Å². The summed E-state index contributed by atoms with van der Waals surface area (Å²) >= 11 is 0. The van der Waals surface area contributed by atoms with Crippen molar-refractivity contribution in [3.8, 4) is 0 Å². The van der Waals surface area contributed by atoms with Crippen LogP contribution in [-0.4, -0.2) is 50.6 Å². The van der Waals surface area contributed by atoms with E-state index < -0.39 is 0 Å². The molecule has 3 aromatic heterocycles. The van der Waals surface area contributed by atoms with E-state index in [0.29, 0.717) is 12.2 Å². The molecular weight excluding hydrogens is 304 g/mol. The van der Waals surface area contributed by atoms with Crippen molar-refractivity contribution in [2.45, 2.75) is 25.8 Å². The molecule has 0 radical (unpaired) electrons. The van der Waals surface area contributed by atoms with E-state index >= 15 is 0 Å². The van der Waals surface area contributed by atoms with E-state index in [1.807, 2.05) is 16.8 Å². The van der Waals surface area contributed by atoms with Crippen LogP contribution in [0, 0.1) is 6.92 Å². The second kappa shape index (κ2) is 5.99. The van der Waals surface area contributed by atoms with Crippen molar-refractivity contribution in [2.75, 3.05) is 26.2 Å². The molecule has 0 spiro atoms. The lowest BCUT2D eigenvalue weighted by molar-refractivity contribution is 0.191. The average Bonchev–Trinajstić information content (AvgIpc) is 3.06. The zero-order chi connectivity index (χ0) is 16.7. The maximum Gasteiger partial charge on any atom is 0.272 e. The van der Waals surface area contributed by atoms with Gasteiger partial charge in [-0.25, -0.2) is 9.97 Å². The molecule has 4 rings (SSSR count). The molecule has 0 saturated carbocycles. The molecule has 1 aliphatic rings. The largest absolute Gasteiger partial charge is 0.346 e. The van der Waals surface area contributed by atoms with Crippen LogP contribution >= 0.6 is 0 Å². The Bertz CT molecular complexity index is 935. The lowest BCUT2D eigenvalue weighted by Crippen LogP contribution is -2.40. The number of fused-ring (bicyclic) bond motifs is 3. The number of aryl methyl sites for hydroxylation is 1. The van der Waals surface area contributed by atoms with Gasteiger partial charge in [-0.3, -0.25) is 4.79 Å². The average molecular weight is 326 g/mol. The maximum atomic E-state index is 12.9. The summed E-state index contributed by atoms with van der Waals surface area (Å²) in [6.07, 6.45) is 5.51. The number of nitrogens with zero attached hydrogens (tertiary/aromatic N) is 4. The van der Waals surface area contributed by atoms with Crippen LogP contribution in [0.1, 0.15) is 24.6 Å². The molecule has 0 unspecified atom stereocenters. The Labute approximate surface area is 139 Å². The second-order valence-electron chi connectivity index (χ2n) is 6.47. The fourth-order valence-electron chi connectivity index (χ4n) is 3.75. The predicted octanol–water partition coefficient (Wildman–Crippen LogP) is 1.18. The highest BCUT2D eigenvalue weighted by Crippen LogP contribution is 2.28. The molecule has 4 heterocycles. The van der Waals surface area contributed by atoms with Crippen LogP contribution < -0.4 is 11.3 Å². The number of nitrogens with two attached hydrogens (primary N) is 1. The molecule has 7 heteroatoms. The Morgan fingerprint density at radius 2 is 2.17 bits per heavy atom.